The van der Waals surface area contributed by atoms with Gasteiger partial charge in [-0.25, -0.2) is 4.79 Å². The van der Waals surface area contributed by atoms with Gasteiger partial charge in [0.2, 0.25) is 0 Å². The second-order valence-electron chi connectivity index (χ2n) is 6.66. The minimum absolute atomic E-state index is 0.143. The quantitative estimate of drug-likeness (QED) is 0.361. The number of rotatable bonds is 11. The molecule has 2 rings (SSSR count). The summed E-state index contributed by atoms with van der Waals surface area (Å²) in [5.74, 6) is 6.09. The van der Waals surface area contributed by atoms with Gasteiger partial charge >= 0.3 is 5.97 Å². The van der Waals surface area contributed by atoms with Gasteiger partial charge in [-0.1, -0.05) is 78.1 Å². The van der Waals surface area contributed by atoms with E-state index in [2.05, 4.69) is 43.1 Å². The van der Waals surface area contributed by atoms with Gasteiger partial charge in [0.1, 0.15) is 30.3 Å². The van der Waals surface area contributed by atoms with Gasteiger partial charge in [0, 0.05) is 6.42 Å². The van der Waals surface area contributed by atoms with Gasteiger partial charge in [0.05, 0.1) is 0 Å². The zero-order valence-corrected chi connectivity index (χ0v) is 17.8. The van der Waals surface area contributed by atoms with Gasteiger partial charge in [0.25, 0.3) is 0 Å². The van der Waals surface area contributed by atoms with E-state index in [9.17, 15) is 4.79 Å². The van der Waals surface area contributed by atoms with Gasteiger partial charge in [-0.15, -0.1) is 0 Å². The van der Waals surface area contributed by atoms with Gasteiger partial charge in [-0.2, -0.15) is 0 Å². The molecule has 0 heterocycles. The van der Waals surface area contributed by atoms with Crippen molar-refractivity contribution in [2.45, 2.75) is 26.2 Å². The lowest BCUT2D eigenvalue weighted by molar-refractivity contribution is 0.0693. The highest BCUT2D eigenvalue weighted by Gasteiger charge is 2.08. The average Bonchev–Trinajstić information content (AvgIpc) is 2.77. The Hall–Kier alpha value is -3.71. The van der Waals surface area contributed by atoms with Crippen molar-refractivity contribution in [2.24, 2.45) is 0 Å². The smallest absolute Gasteiger partial charge is 0.339 e. The maximum Gasteiger partial charge on any atom is 0.339 e. The van der Waals surface area contributed by atoms with E-state index in [1.807, 2.05) is 36.4 Å². The fourth-order valence-corrected chi connectivity index (χ4v) is 2.54. The minimum atomic E-state index is -1.01. The molecule has 0 saturated carbocycles. The summed E-state index contributed by atoms with van der Waals surface area (Å²) in [5.41, 5.74) is 1.37. The maximum absolute atomic E-state index is 11.1. The number of benzene rings is 2. The van der Waals surface area contributed by atoms with Crippen LogP contribution in [0.5, 0.6) is 11.5 Å². The lowest BCUT2D eigenvalue weighted by atomic mass is 10.2. The third kappa shape index (κ3) is 10.0. The standard InChI is InChI=1S/C27H28O4/c1-23-17-19-24(20-18-23)30-21-13-9-7-5-3-2-4-6-8-10-14-22-31-26-16-12-11-15-25(26)27(28)29/h3-6,9,11-13,15-20H,2,7-8,21-22H2,1H3,(H,28,29). The van der Waals surface area contributed by atoms with Crippen LogP contribution in [0.15, 0.2) is 85.0 Å². The topological polar surface area (TPSA) is 55.8 Å². The molecule has 31 heavy (non-hydrogen) atoms. The van der Waals surface area contributed by atoms with Crippen LogP contribution in [0, 0.1) is 18.8 Å². The van der Waals surface area contributed by atoms with Crippen molar-refractivity contribution in [2.75, 3.05) is 13.2 Å². The van der Waals surface area contributed by atoms with Crippen LogP contribution in [-0.4, -0.2) is 24.3 Å². The van der Waals surface area contributed by atoms with Crippen LogP contribution >= 0.6 is 0 Å². The molecule has 0 spiro atoms. The van der Waals surface area contributed by atoms with Crippen molar-refractivity contribution < 1.29 is 19.4 Å². The number of carboxylic acids is 1. The van der Waals surface area contributed by atoms with E-state index in [4.69, 9.17) is 14.6 Å². The molecular formula is C27H28O4. The van der Waals surface area contributed by atoms with Crippen LogP contribution in [0.1, 0.15) is 35.2 Å². The molecule has 0 bridgehead atoms. The Morgan fingerprint density at radius 2 is 1.55 bits per heavy atom. The van der Waals surface area contributed by atoms with Crippen LogP contribution in [0.25, 0.3) is 0 Å². The molecule has 1 N–H and O–H groups in total. The van der Waals surface area contributed by atoms with Gasteiger partial charge in [-0.3, -0.25) is 0 Å². The van der Waals surface area contributed by atoms with E-state index in [0.29, 0.717) is 18.8 Å². The zero-order chi connectivity index (χ0) is 22.2. The Balaban J connectivity index is 1.53. The first-order chi connectivity index (χ1) is 15.2. The summed E-state index contributed by atoms with van der Waals surface area (Å²) in [7, 11) is 0. The van der Waals surface area contributed by atoms with E-state index in [0.717, 1.165) is 18.6 Å². The first kappa shape index (κ1) is 23.6. The molecule has 0 saturated heterocycles. The van der Waals surface area contributed by atoms with Crippen molar-refractivity contribution in [3.8, 4) is 23.3 Å². The summed E-state index contributed by atoms with van der Waals surface area (Å²) in [6, 6.07) is 14.6. The van der Waals surface area contributed by atoms with Gasteiger partial charge in [0.15, 0.2) is 0 Å². The molecular weight excluding hydrogens is 388 g/mol. The third-order valence-electron chi connectivity index (χ3n) is 4.17. The SMILES string of the molecule is Cc1ccc(OCC=CCC=CCC=CCC#CCOc2ccccc2C(=O)O)cc1. The van der Waals surface area contributed by atoms with Crippen LogP contribution in [0.2, 0.25) is 0 Å². The highest BCUT2D eigenvalue weighted by atomic mass is 16.5. The Labute approximate surface area is 184 Å². The molecule has 4 nitrogen and oxygen atoms in total. The molecule has 0 amide bonds. The fraction of sp³-hybridized carbons (Fsp3) is 0.222. The summed E-state index contributed by atoms with van der Waals surface area (Å²) >= 11 is 0. The number of hydrogen-bond donors (Lipinski definition) is 1. The Morgan fingerprint density at radius 3 is 2.29 bits per heavy atom. The number of carboxylic acid groups (broad SMARTS) is 1. The minimum Gasteiger partial charge on any atom is -0.490 e. The molecule has 2 aromatic carbocycles. The Kier molecular flexibility index (Phi) is 10.9. The molecule has 0 atom stereocenters. The Bertz CT molecular complexity index is 957. The number of carbonyl (C=O) groups is 1. The van der Waals surface area contributed by atoms with Gasteiger partial charge < -0.3 is 14.6 Å². The van der Waals surface area contributed by atoms with Gasteiger partial charge in [-0.05, 0) is 44.0 Å². The molecule has 0 radical (unpaired) electrons. The molecule has 0 aromatic heterocycles. The number of para-hydroxylation sites is 1. The second-order valence-corrected chi connectivity index (χ2v) is 6.66. The predicted octanol–water partition coefficient (Wildman–Crippen LogP) is 5.99. The first-order valence-electron chi connectivity index (χ1n) is 10.2. The van der Waals surface area contributed by atoms with E-state index in [1.165, 1.54) is 11.6 Å². The van der Waals surface area contributed by atoms with Crippen molar-refractivity contribution in [1.82, 2.24) is 0 Å². The molecule has 160 valence electrons. The van der Waals surface area contributed by atoms with Crippen molar-refractivity contribution >= 4 is 5.97 Å². The lowest BCUT2D eigenvalue weighted by Gasteiger charge is -2.04. The molecule has 0 fully saturated rings. The lowest BCUT2D eigenvalue weighted by Crippen LogP contribution is -2.02. The summed E-state index contributed by atoms with van der Waals surface area (Å²) in [6.45, 7) is 2.79. The van der Waals surface area contributed by atoms with Crippen LogP contribution in [0.4, 0.5) is 0 Å². The number of aryl methyl sites for hydroxylation is 1. The molecule has 4 heteroatoms. The molecule has 2 aromatic rings. The average molecular weight is 417 g/mol. The molecule has 0 aliphatic heterocycles. The summed E-state index contributed by atoms with van der Waals surface area (Å²) in [4.78, 5) is 11.1. The van der Waals surface area contributed by atoms with E-state index < -0.39 is 5.97 Å². The normalized spacial score (nSPS) is 11.0. The van der Waals surface area contributed by atoms with E-state index >= 15 is 0 Å². The van der Waals surface area contributed by atoms with E-state index in [-0.39, 0.29) is 12.2 Å². The highest BCUT2D eigenvalue weighted by molar-refractivity contribution is 5.90. The number of aromatic carboxylic acids is 1. The van der Waals surface area contributed by atoms with Crippen LogP contribution in [0.3, 0.4) is 0 Å². The van der Waals surface area contributed by atoms with Crippen molar-refractivity contribution in [3.63, 3.8) is 0 Å². The maximum atomic E-state index is 11.1. The third-order valence-corrected chi connectivity index (χ3v) is 4.17. The number of hydrogen-bond acceptors (Lipinski definition) is 3. The van der Waals surface area contributed by atoms with Crippen LogP contribution < -0.4 is 9.47 Å². The molecule has 0 unspecified atom stereocenters. The number of allylic oxidation sites excluding steroid dienone is 5. The van der Waals surface area contributed by atoms with Crippen molar-refractivity contribution in [3.05, 3.63) is 96.1 Å². The number of ether oxygens (including phenoxy) is 2. The highest BCUT2D eigenvalue weighted by Crippen LogP contribution is 2.17. The van der Waals surface area contributed by atoms with Crippen LogP contribution in [-0.2, 0) is 0 Å². The largest absolute Gasteiger partial charge is 0.490 e. The zero-order valence-electron chi connectivity index (χ0n) is 17.8. The monoisotopic (exact) mass is 416 g/mol. The first-order valence-corrected chi connectivity index (χ1v) is 10.2. The van der Waals surface area contributed by atoms with Crippen molar-refractivity contribution in [1.29, 1.82) is 0 Å². The van der Waals surface area contributed by atoms with E-state index in [1.54, 1.807) is 18.2 Å². The Morgan fingerprint density at radius 1 is 0.871 bits per heavy atom. The predicted molar refractivity (Wildman–Crippen MR) is 125 cm³/mol. The summed E-state index contributed by atoms with van der Waals surface area (Å²) < 4.78 is 11.1. The second kappa shape index (κ2) is 14.3. The molecule has 0 aliphatic rings. The summed E-state index contributed by atoms with van der Waals surface area (Å²) in [6.07, 6.45) is 14.8. The fourth-order valence-electron chi connectivity index (χ4n) is 2.54. The summed E-state index contributed by atoms with van der Waals surface area (Å²) in [5, 5.41) is 9.09. The molecule has 0 aliphatic carbocycles.